The van der Waals surface area contributed by atoms with Crippen molar-refractivity contribution in [2.75, 3.05) is 11.9 Å². The minimum absolute atomic E-state index is 0.200. The first-order valence-corrected chi connectivity index (χ1v) is 6.68. The summed E-state index contributed by atoms with van der Waals surface area (Å²) in [4.78, 5) is 23.1. The van der Waals surface area contributed by atoms with Crippen LogP contribution in [0.4, 0.5) is 5.69 Å². The summed E-state index contributed by atoms with van der Waals surface area (Å²) >= 11 is 17.4. The lowest BCUT2D eigenvalue weighted by molar-refractivity contribution is -0.136. The van der Waals surface area contributed by atoms with Gasteiger partial charge in [-0.1, -0.05) is 48.7 Å². The third-order valence-electron chi connectivity index (χ3n) is 2.12. The average molecular weight is 324 g/mol. The molecule has 0 radical (unpaired) electrons. The third-order valence-corrected chi connectivity index (χ3v) is 3.32. The van der Waals surface area contributed by atoms with Crippen LogP contribution < -0.4 is 10.6 Å². The maximum atomic E-state index is 11.6. The van der Waals surface area contributed by atoms with Gasteiger partial charge < -0.3 is 10.6 Å². The van der Waals surface area contributed by atoms with Crippen LogP contribution in [0.3, 0.4) is 0 Å². The second kappa shape index (κ2) is 6.98. The van der Waals surface area contributed by atoms with E-state index < -0.39 is 11.8 Å². The lowest BCUT2D eigenvalue weighted by Gasteiger charge is -2.09. The third kappa shape index (κ3) is 4.90. The Kier molecular flexibility index (Phi) is 5.91. The highest BCUT2D eigenvalue weighted by atomic mass is 35.5. The van der Waals surface area contributed by atoms with Gasteiger partial charge in [0, 0.05) is 12.2 Å². The molecule has 0 aliphatic rings. The second-order valence-electron chi connectivity index (χ2n) is 4.31. The first kappa shape index (κ1) is 16.1. The van der Waals surface area contributed by atoms with E-state index in [-0.39, 0.29) is 21.0 Å². The van der Waals surface area contributed by atoms with Crippen molar-refractivity contribution in [3.8, 4) is 0 Å². The van der Waals surface area contributed by atoms with Gasteiger partial charge in [-0.05, 0) is 18.1 Å². The molecule has 2 amide bonds. The van der Waals surface area contributed by atoms with E-state index in [0.717, 1.165) is 0 Å². The highest BCUT2D eigenvalue weighted by molar-refractivity contribution is 6.48. The molecule has 0 fully saturated rings. The van der Waals surface area contributed by atoms with Crippen LogP contribution in [0.2, 0.25) is 15.1 Å². The van der Waals surface area contributed by atoms with Crippen molar-refractivity contribution in [2.24, 2.45) is 5.92 Å². The first-order chi connectivity index (χ1) is 8.81. The highest BCUT2D eigenvalue weighted by Crippen LogP contribution is 2.33. The number of hydrogen-bond acceptors (Lipinski definition) is 2. The van der Waals surface area contributed by atoms with Gasteiger partial charge in [-0.25, -0.2) is 0 Å². The van der Waals surface area contributed by atoms with Crippen molar-refractivity contribution in [1.82, 2.24) is 5.32 Å². The molecule has 4 nitrogen and oxygen atoms in total. The number of halogens is 3. The molecule has 0 bridgehead atoms. The summed E-state index contributed by atoms with van der Waals surface area (Å²) in [6.45, 7) is 4.28. The van der Waals surface area contributed by atoms with Crippen LogP contribution in [-0.2, 0) is 9.59 Å². The fraction of sp³-hybridized carbons (Fsp3) is 0.333. The molecule has 0 aromatic heterocycles. The van der Waals surface area contributed by atoms with E-state index in [0.29, 0.717) is 12.2 Å². The Morgan fingerprint density at radius 2 is 1.63 bits per heavy atom. The zero-order valence-electron chi connectivity index (χ0n) is 10.4. The molecule has 0 heterocycles. The molecular formula is C12H13Cl3N2O2. The molecule has 1 aromatic carbocycles. The molecule has 7 heteroatoms. The van der Waals surface area contributed by atoms with Gasteiger partial charge in [-0.2, -0.15) is 0 Å². The number of amides is 2. The van der Waals surface area contributed by atoms with Gasteiger partial charge in [0.15, 0.2) is 0 Å². The summed E-state index contributed by atoms with van der Waals surface area (Å²) in [6.07, 6.45) is 0. The van der Waals surface area contributed by atoms with Gasteiger partial charge in [0.25, 0.3) is 0 Å². The Bertz CT molecular complexity index is 481. The van der Waals surface area contributed by atoms with E-state index >= 15 is 0 Å². The summed E-state index contributed by atoms with van der Waals surface area (Å²) in [6, 6.07) is 2.84. The smallest absolute Gasteiger partial charge is 0.313 e. The van der Waals surface area contributed by atoms with Crippen LogP contribution in [0.1, 0.15) is 13.8 Å². The van der Waals surface area contributed by atoms with E-state index in [1.165, 1.54) is 12.1 Å². The molecule has 1 aromatic rings. The normalized spacial score (nSPS) is 10.4. The lowest BCUT2D eigenvalue weighted by Crippen LogP contribution is -2.37. The maximum Gasteiger partial charge on any atom is 0.313 e. The minimum Gasteiger partial charge on any atom is -0.348 e. The summed E-state index contributed by atoms with van der Waals surface area (Å²) in [5.74, 6) is -1.23. The molecule has 104 valence electrons. The zero-order valence-corrected chi connectivity index (χ0v) is 12.7. The van der Waals surface area contributed by atoms with Gasteiger partial charge in [-0.15, -0.1) is 0 Å². The fourth-order valence-corrected chi connectivity index (χ4v) is 1.79. The quantitative estimate of drug-likeness (QED) is 0.662. The van der Waals surface area contributed by atoms with Crippen LogP contribution in [0.15, 0.2) is 12.1 Å². The van der Waals surface area contributed by atoms with E-state index in [2.05, 4.69) is 10.6 Å². The maximum absolute atomic E-state index is 11.6. The summed E-state index contributed by atoms with van der Waals surface area (Å²) in [5, 5.41) is 5.50. The Balaban J connectivity index is 2.69. The molecule has 0 saturated carbocycles. The molecule has 0 spiro atoms. The van der Waals surface area contributed by atoms with Crippen LogP contribution in [0, 0.1) is 5.92 Å². The van der Waals surface area contributed by atoms with Crippen LogP contribution in [-0.4, -0.2) is 18.4 Å². The Morgan fingerprint density at radius 1 is 1.11 bits per heavy atom. The topological polar surface area (TPSA) is 58.2 Å². The van der Waals surface area contributed by atoms with Gasteiger partial charge in [-0.3, -0.25) is 9.59 Å². The van der Waals surface area contributed by atoms with Crippen molar-refractivity contribution in [3.05, 3.63) is 27.2 Å². The van der Waals surface area contributed by atoms with E-state index in [4.69, 9.17) is 34.8 Å². The Labute approximate surface area is 126 Å². The number of carbonyl (C=O) groups is 2. The first-order valence-electron chi connectivity index (χ1n) is 5.55. The standard InChI is InChI=1S/C12H13Cl3N2O2/c1-6(2)5-16-11(18)12(19)17-7-3-8(13)10(15)9(14)4-7/h3-4,6H,5H2,1-2H3,(H,16,18)(H,17,19). The van der Waals surface area contributed by atoms with Gasteiger partial charge in [0.05, 0.1) is 15.1 Å². The predicted octanol–water partition coefficient (Wildman–Crippen LogP) is 3.36. The predicted molar refractivity (Wildman–Crippen MR) is 77.9 cm³/mol. The number of carbonyl (C=O) groups excluding carboxylic acids is 2. The molecule has 0 saturated heterocycles. The number of anilines is 1. The van der Waals surface area contributed by atoms with Crippen LogP contribution >= 0.6 is 34.8 Å². The number of hydrogen-bond donors (Lipinski definition) is 2. The summed E-state index contributed by atoms with van der Waals surface area (Å²) in [7, 11) is 0. The monoisotopic (exact) mass is 322 g/mol. The van der Waals surface area contributed by atoms with Crippen molar-refractivity contribution < 1.29 is 9.59 Å². The second-order valence-corrected chi connectivity index (χ2v) is 5.50. The van der Waals surface area contributed by atoms with Gasteiger partial charge >= 0.3 is 11.8 Å². The van der Waals surface area contributed by atoms with Gasteiger partial charge in [0.2, 0.25) is 0 Å². The number of rotatable bonds is 3. The highest BCUT2D eigenvalue weighted by Gasteiger charge is 2.15. The molecule has 0 aliphatic carbocycles. The van der Waals surface area contributed by atoms with Gasteiger partial charge in [0.1, 0.15) is 0 Å². The van der Waals surface area contributed by atoms with Crippen molar-refractivity contribution in [1.29, 1.82) is 0 Å². The lowest BCUT2D eigenvalue weighted by atomic mass is 10.2. The average Bonchev–Trinajstić information content (AvgIpc) is 2.32. The molecule has 0 atom stereocenters. The SMILES string of the molecule is CC(C)CNC(=O)C(=O)Nc1cc(Cl)c(Cl)c(Cl)c1. The Hall–Kier alpha value is -0.970. The molecule has 1 rings (SSSR count). The molecule has 19 heavy (non-hydrogen) atoms. The molecule has 0 unspecified atom stereocenters. The number of nitrogens with one attached hydrogen (secondary N) is 2. The Morgan fingerprint density at radius 3 is 2.11 bits per heavy atom. The van der Waals surface area contributed by atoms with E-state index in [9.17, 15) is 9.59 Å². The van der Waals surface area contributed by atoms with Crippen molar-refractivity contribution >= 4 is 52.3 Å². The molecular weight excluding hydrogens is 311 g/mol. The van der Waals surface area contributed by atoms with Crippen LogP contribution in [0.25, 0.3) is 0 Å². The largest absolute Gasteiger partial charge is 0.348 e. The van der Waals surface area contributed by atoms with E-state index in [1.807, 2.05) is 13.8 Å². The van der Waals surface area contributed by atoms with E-state index in [1.54, 1.807) is 0 Å². The fourth-order valence-electron chi connectivity index (χ4n) is 1.19. The van der Waals surface area contributed by atoms with Crippen molar-refractivity contribution in [3.63, 3.8) is 0 Å². The summed E-state index contributed by atoms with van der Waals surface area (Å²) < 4.78 is 0. The minimum atomic E-state index is -0.782. The summed E-state index contributed by atoms with van der Waals surface area (Å²) in [5.41, 5.74) is 0.309. The molecule has 2 N–H and O–H groups in total. The van der Waals surface area contributed by atoms with Crippen molar-refractivity contribution in [2.45, 2.75) is 13.8 Å². The molecule has 0 aliphatic heterocycles. The zero-order chi connectivity index (χ0) is 14.6. The van der Waals surface area contributed by atoms with Crippen LogP contribution in [0.5, 0.6) is 0 Å². The number of benzene rings is 1.